The third kappa shape index (κ3) is 1.81. The maximum absolute atomic E-state index is 11.4. The Bertz CT molecular complexity index is 390. The molecule has 5 heteroatoms. The second-order valence-corrected chi connectivity index (χ2v) is 4.87. The highest BCUT2D eigenvalue weighted by Crippen LogP contribution is 2.21. The van der Waals surface area contributed by atoms with E-state index in [9.17, 15) is 9.00 Å². The maximum atomic E-state index is 11.4. The SMILES string of the molecule is O=C1C[S@@](=O)CN1c1ccc(Cl)cc1. The number of hydrogen-bond acceptors (Lipinski definition) is 2. The van der Waals surface area contributed by atoms with E-state index in [-0.39, 0.29) is 11.7 Å². The van der Waals surface area contributed by atoms with Crippen LogP contribution in [0.2, 0.25) is 5.02 Å². The first-order valence-electron chi connectivity index (χ1n) is 4.08. The molecule has 14 heavy (non-hydrogen) atoms. The molecule has 1 aromatic rings. The molecule has 0 radical (unpaired) electrons. The van der Waals surface area contributed by atoms with Crippen LogP contribution in [0, 0.1) is 0 Å². The normalized spacial score (nSPS) is 21.6. The summed E-state index contributed by atoms with van der Waals surface area (Å²) in [7, 11) is -1.05. The molecule has 0 spiro atoms. The Hall–Kier alpha value is -0.870. The van der Waals surface area contributed by atoms with Crippen molar-refractivity contribution in [3.05, 3.63) is 29.3 Å². The number of carbonyl (C=O) groups is 1. The number of benzene rings is 1. The second kappa shape index (κ2) is 3.71. The van der Waals surface area contributed by atoms with Crippen LogP contribution >= 0.6 is 11.6 Å². The van der Waals surface area contributed by atoms with Gasteiger partial charge in [-0.25, -0.2) is 0 Å². The average molecular weight is 230 g/mol. The molecular formula is C9H8ClNO2S. The molecule has 1 atom stereocenters. The molecule has 1 amide bonds. The lowest BCUT2D eigenvalue weighted by Gasteiger charge is -2.13. The van der Waals surface area contributed by atoms with Crippen LogP contribution < -0.4 is 4.90 Å². The summed E-state index contributed by atoms with van der Waals surface area (Å²) in [5.74, 6) is 0.328. The first kappa shape index (κ1) is 9.68. The van der Waals surface area contributed by atoms with Crippen molar-refractivity contribution in [1.82, 2.24) is 0 Å². The number of anilines is 1. The number of nitrogens with zero attached hydrogens (tertiary/aromatic N) is 1. The molecule has 74 valence electrons. The van der Waals surface area contributed by atoms with Gasteiger partial charge in [0, 0.05) is 10.7 Å². The van der Waals surface area contributed by atoms with Gasteiger partial charge in [-0.1, -0.05) is 11.6 Å². The van der Waals surface area contributed by atoms with Gasteiger partial charge in [-0.05, 0) is 24.3 Å². The Kier molecular flexibility index (Phi) is 2.56. The summed E-state index contributed by atoms with van der Waals surface area (Å²) in [5.41, 5.74) is 0.755. The van der Waals surface area contributed by atoms with Gasteiger partial charge in [0.15, 0.2) is 0 Å². The molecule has 1 aromatic carbocycles. The molecule has 2 rings (SSSR count). The zero-order valence-corrected chi connectivity index (χ0v) is 8.85. The largest absolute Gasteiger partial charge is 0.299 e. The molecule has 0 bridgehead atoms. The van der Waals surface area contributed by atoms with Gasteiger partial charge in [-0.3, -0.25) is 13.9 Å². The van der Waals surface area contributed by atoms with Crippen molar-refractivity contribution >= 4 is 34.0 Å². The quantitative estimate of drug-likeness (QED) is 0.730. The Morgan fingerprint density at radius 3 is 2.43 bits per heavy atom. The third-order valence-electron chi connectivity index (χ3n) is 2.00. The Labute approximate surface area is 89.1 Å². The number of amides is 1. The molecule has 1 aliphatic rings. The summed E-state index contributed by atoms with van der Waals surface area (Å²) in [5, 5.41) is 0.626. The molecule has 1 fully saturated rings. The summed E-state index contributed by atoms with van der Waals surface area (Å²) in [6, 6.07) is 6.93. The lowest BCUT2D eigenvalue weighted by atomic mass is 10.3. The van der Waals surface area contributed by atoms with Gasteiger partial charge < -0.3 is 0 Å². The Morgan fingerprint density at radius 1 is 1.29 bits per heavy atom. The van der Waals surface area contributed by atoms with E-state index in [4.69, 9.17) is 11.6 Å². The topological polar surface area (TPSA) is 37.4 Å². The van der Waals surface area contributed by atoms with E-state index in [2.05, 4.69) is 0 Å². The summed E-state index contributed by atoms with van der Waals surface area (Å²) in [6.45, 7) is 0. The van der Waals surface area contributed by atoms with Crippen LogP contribution in [-0.2, 0) is 15.6 Å². The van der Waals surface area contributed by atoms with Crippen molar-refractivity contribution in [1.29, 1.82) is 0 Å². The van der Waals surface area contributed by atoms with Crippen molar-refractivity contribution in [3.8, 4) is 0 Å². The molecule has 0 saturated carbocycles. The minimum Gasteiger partial charge on any atom is -0.299 e. The molecule has 3 nitrogen and oxygen atoms in total. The minimum atomic E-state index is -1.05. The van der Waals surface area contributed by atoms with Crippen molar-refractivity contribution in [2.45, 2.75) is 0 Å². The van der Waals surface area contributed by atoms with Crippen molar-refractivity contribution < 1.29 is 9.00 Å². The van der Waals surface area contributed by atoms with Gasteiger partial charge >= 0.3 is 0 Å². The van der Waals surface area contributed by atoms with Gasteiger partial charge in [0.2, 0.25) is 5.91 Å². The lowest BCUT2D eigenvalue weighted by molar-refractivity contribution is -0.115. The zero-order valence-electron chi connectivity index (χ0n) is 7.27. The molecule has 1 aliphatic heterocycles. The lowest BCUT2D eigenvalue weighted by Crippen LogP contribution is -2.24. The van der Waals surface area contributed by atoms with E-state index in [0.717, 1.165) is 5.69 Å². The fraction of sp³-hybridized carbons (Fsp3) is 0.222. The monoisotopic (exact) mass is 229 g/mol. The first-order valence-corrected chi connectivity index (χ1v) is 5.94. The maximum Gasteiger partial charge on any atom is 0.240 e. The minimum absolute atomic E-state index is 0.0920. The predicted molar refractivity (Wildman–Crippen MR) is 56.8 cm³/mol. The fourth-order valence-electron chi connectivity index (χ4n) is 1.32. The van der Waals surface area contributed by atoms with Crippen LogP contribution in [0.1, 0.15) is 0 Å². The summed E-state index contributed by atoms with van der Waals surface area (Å²) in [6.07, 6.45) is 0. The molecule has 0 unspecified atom stereocenters. The standard InChI is InChI=1S/C9H8ClNO2S/c10-7-1-3-8(4-2-7)11-6-14(13)5-9(11)12/h1-4H,5-6H2/t14-/m1/s1. The molecule has 0 aliphatic carbocycles. The van der Waals surface area contributed by atoms with Crippen LogP contribution in [0.4, 0.5) is 5.69 Å². The van der Waals surface area contributed by atoms with Crippen LogP contribution in [0.25, 0.3) is 0 Å². The summed E-state index contributed by atoms with van der Waals surface area (Å²) < 4.78 is 11.1. The molecule has 0 aromatic heterocycles. The zero-order chi connectivity index (χ0) is 10.1. The summed E-state index contributed by atoms with van der Waals surface area (Å²) >= 11 is 5.72. The van der Waals surface area contributed by atoms with Crippen LogP contribution in [0.3, 0.4) is 0 Å². The first-order chi connectivity index (χ1) is 6.66. The highest BCUT2D eigenvalue weighted by molar-refractivity contribution is 7.86. The van der Waals surface area contributed by atoms with E-state index in [1.165, 1.54) is 4.90 Å². The van der Waals surface area contributed by atoms with Gasteiger partial charge in [-0.15, -0.1) is 0 Å². The second-order valence-electron chi connectivity index (χ2n) is 3.01. The van der Waals surface area contributed by atoms with E-state index in [0.29, 0.717) is 10.9 Å². The molecule has 0 N–H and O–H groups in total. The fourth-order valence-corrected chi connectivity index (χ4v) is 2.55. The van der Waals surface area contributed by atoms with Gasteiger partial charge in [0.1, 0.15) is 11.6 Å². The number of rotatable bonds is 1. The highest BCUT2D eigenvalue weighted by Gasteiger charge is 2.27. The molecule has 1 saturated heterocycles. The Morgan fingerprint density at radius 2 is 1.93 bits per heavy atom. The van der Waals surface area contributed by atoms with E-state index in [1.807, 2.05) is 0 Å². The highest BCUT2D eigenvalue weighted by atomic mass is 35.5. The van der Waals surface area contributed by atoms with Gasteiger partial charge in [0.05, 0.1) is 10.8 Å². The van der Waals surface area contributed by atoms with Gasteiger partial charge in [0.25, 0.3) is 0 Å². The van der Waals surface area contributed by atoms with Crippen LogP contribution in [0.5, 0.6) is 0 Å². The van der Waals surface area contributed by atoms with Crippen molar-refractivity contribution in [2.75, 3.05) is 16.5 Å². The summed E-state index contributed by atoms with van der Waals surface area (Å²) in [4.78, 5) is 12.9. The van der Waals surface area contributed by atoms with Crippen molar-refractivity contribution in [3.63, 3.8) is 0 Å². The molecular weight excluding hydrogens is 222 g/mol. The van der Waals surface area contributed by atoms with E-state index in [1.54, 1.807) is 24.3 Å². The number of halogens is 1. The van der Waals surface area contributed by atoms with E-state index >= 15 is 0 Å². The predicted octanol–water partition coefficient (Wildman–Crippen LogP) is 1.39. The van der Waals surface area contributed by atoms with Crippen LogP contribution in [-0.4, -0.2) is 21.7 Å². The van der Waals surface area contributed by atoms with Crippen LogP contribution in [0.15, 0.2) is 24.3 Å². The average Bonchev–Trinajstić information content (AvgIpc) is 2.47. The van der Waals surface area contributed by atoms with Gasteiger partial charge in [-0.2, -0.15) is 0 Å². The van der Waals surface area contributed by atoms with E-state index < -0.39 is 10.8 Å². The molecule has 1 heterocycles. The third-order valence-corrected chi connectivity index (χ3v) is 3.36. The Balaban J connectivity index is 2.27. The number of hydrogen-bond donors (Lipinski definition) is 0. The number of carbonyl (C=O) groups excluding carboxylic acids is 1. The van der Waals surface area contributed by atoms with Crippen molar-refractivity contribution in [2.24, 2.45) is 0 Å². The smallest absolute Gasteiger partial charge is 0.240 e.